The molecule has 0 aromatic heterocycles. The Morgan fingerprint density at radius 3 is 2.27 bits per heavy atom. The molecule has 3 aromatic rings. The van der Waals surface area contributed by atoms with Crippen molar-refractivity contribution in [1.82, 2.24) is 0 Å². The van der Waals surface area contributed by atoms with Gasteiger partial charge >= 0.3 is 5.97 Å². The molecule has 152 valence electrons. The lowest BCUT2D eigenvalue weighted by Crippen LogP contribution is -1.95. The van der Waals surface area contributed by atoms with E-state index in [1.807, 2.05) is 12.1 Å². The fourth-order valence-corrected chi connectivity index (χ4v) is 2.53. The fourth-order valence-electron chi connectivity index (χ4n) is 2.53. The van der Waals surface area contributed by atoms with E-state index < -0.39 is 5.97 Å². The Kier molecular flexibility index (Phi) is 6.67. The van der Waals surface area contributed by atoms with E-state index in [1.165, 1.54) is 13.2 Å². The predicted molar refractivity (Wildman–Crippen MR) is 112 cm³/mol. The normalized spacial score (nSPS) is 11.0. The molecular formula is C21H19N5O4. The van der Waals surface area contributed by atoms with Gasteiger partial charge in [0.1, 0.15) is 22.9 Å². The zero-order chi connectivity index (χ0) is 21.3. The van der Waals surface area contributed by atoms with Crippen molar-refractivity contribution < 1.29 is 19.4 Å². The minimum Gasteiger partial charge on any atom is -0.494 e. The Morgan fingerprint density at radius 2 is 1.53 bits per heavy atom. The maximum absolute atomic E-state index is 11.3. The molecule has 0 spiro atoms. The molecule has 3 aromatic carbocycles. The van der Waals surface area contributed by atoms with E-state index in [9.17, 15) is 9.90 Å². The van der Waals surface area contributed by atoms with Gasteiger partial charge in [0.25, 0.3) is 0 Å². The summed E-state index contributed by atoms with van der Waals surface area (Å²) in [5.41, 5.74) is 4.78. The zero-order valence-electron chi connectivity index (χ0n) is 16.3. The number of methoxy groups -OCH3 is 2. The SMILES string of the molecule is COc1ccccc1/N=N/Nc1ccc(/N=N/c2ccccc2C(=O)O)cc1OC. The average molecular weight is 405 g/mol. The van der Waals surface area contributed by atoms with Gasteiger partial charge in [0.05, 0.1) is 31.2 Å². The van der Waals surface area contributed by atoms with E-state index in [-0.39, 0.29) is 11.3 Å². The predicted octanol–water partition coefficient (Wildman–Crippen LogP) is 5.93. The molecule has 3 rings (SSSR count). The summed E-state index contributed by atoms with van der Waals surface area (Å²) >= 11 is 0. The second-order valence-electron chi connectivity index (χ2n) is 5.89. The summed E-state index contributed by atoms with van der Waals surface area (Å²) in [6.07, 6.45) is 0. The van der Waals surface area contributed by atoms with Gasteiger partial charge in [-0.15, -0.1) is 10.2 Å². The van der Waals surface area contributed by atoms with Gasteiger partial charge in [0, 0.05) is 6.07 Å². The fraction of sp³-hybridized carbons (Fsp3) is 0.0952. The number of azo groups is 1. The van der Waals surface area contributed by atoms with Gasteiger partial charge in [-0.2, -0.15) is 5.11 Å². The molecule has 0 aliphatic heterocycles. The highest BCUT2D eigenvalue weighted by Gasteiger charge is 2.09. The number of benzene rings is 3. The van der Waals surface area contributed by atoms with Crippen LogP contribution in [-0.4, -0.2) is 25.3 Å². The quantitative estimate of drug-likeness (QED) is 0.356. The lowest BCUT2D eigenvalue weighted by Gasteiger charge is -2.08. The van der Waals surface area contributed by atoms with Crippen molar-refractivity contribution in [2.24, 2.45) is 20.6 Å². The van der Waals surface area contributed by atoms with Crippen LogP contribution >= 0.6 is 0 Å². The van der Waals surface area contributed by atoms with Gasteiger partial charge < -0.3 is 14.6 Å². The molecule has 2 N–H and O–H groups in total. The molecule has 0 saturated heterocycles. The van der Waals surface area contributed by atoms with E-state index in [0.717, 1.165) is 0 Å². The van der Waals surface area contributed by atoms with Crippen LogP contribution in [0, 0.1) is 0 Å². The number of carboxylic acids is 1. The number of ether oxygens (including phenoxy) is 2. The van der Waals surface area contributed by atoms with E-state index in [4.69, 9.17) is 9.47 Å². The van der Waals surface area contributed by atoms with Crippen LogP contribution in [0.15, 0.2) is 87.3 Å². The topological polar surface area (TPSA) is 117 Å². The molecule has 0 aliphatic rings. The van der Waals surface area contributed by atoms with Crippen molar-refractivity contribution in [3.63, 3.8) is 0 Å². The molecule has 9 heteroatoms. The summed E-state index contributed by atoms with van der Waals surface area (Å²) in [4.78, 5) is 11.3. The number of hydrogen-bond acceptors (Lipinski definition) is 7. The van der Waals surface area contributed by atoms with Crippen molar-refractivity contribution in [3.8, 4) is 11.5 Å². The first-order chi connectivity index (χ1) is 14.6. The van der Waals surface area contributed by atoms with Crippen LogP contribution in [0.2, 0.25) is 0 Å². The number of carboxylic acid groups (broad SMARTS) is 1. The Labute approximate surface area is 172 Å². The van der Waals surface area contributed by atoms with Gasteiger partial charge in [-0.25, -0.2) is 4.79 Å². The van der Waals surface area contributed by atoms with Gasteiger partial charge in [-0.05, 0) is 36.4 Å². The van der Waals surface area contributed by atoms with Crippen LogP contribution in [-0.2, 0) is 0 Å². The highest BCUT2D eigenvalue weighted by Crippen LogP contribution is 2.32. The second kappa shape index (κ2) is 9.78. The molecule has 0 amide bonds. The molecule has 0 fully saturated rings. The minimum atomic E-state index is -1.07. The minimum absolute atomic E-state index is 0.0725. The number of rotatable bonds is 8. The number of para-hydroxylation sites is 1. The lowest BCUT2D eigenvalue weighted by molar-refractivity contribution is 0.0697. The molecule has 0 atom stereocenters. The standard InChI is InChI=1S/C21H19N5O4/c1-29-19-10-6-5-9-17(19)24-26-25-18-12-11-14(13-20(18)30-2)22-23-16-8-4-3-7-15(16)21(27)28/h3-13H,1-2H3,(H,24,25)(H,27,28)/b23-22+. The molecule has 0 radical (unpaired) electrons. The summed E-state index contributed by atoms with van der Waals surface area (Å²) in [5.74, 6) is 0.00597. The summed E-state index contributed by atoms with van der Waals surface area (Å²) in [6.45, 7) is 0. The summed E-state index contributed by atoms with van der Waals surface area (Å²) in [5, 5.41) is 25.4. The number of nitrogens with zero attached hydrogens (tertiary/aromatic N) is 4. The first kappa shape index (κ1) is 20.5. The van der Waals surface area contributed by atoms with Crippen LogP contribution in [0.1, 0.15) is 10.4 Å². The summed E-state index contributed by atoms with van der Waals surface area (Å²) in [7, 11) is 3.07. The Bertz CT molecular complexity index is 1100. The van der Waals surface area contributed by atoms with Gasteiger partial charge in [-0.3, -0.25) is 5.43 Å². The molecule has 0 bridgehead atoms. The maximum atomic E-state index is 11.3. The lowest BCUT2D eigenvalue weighted by atomic mass is 10.2. The van der Waals surface area contributed by atoms with Crippen molar-refractivity contribution in [1.29, 1.82) is 0 Å². The smallest absolute Gasteiger partial charge is 0.337 e. The number of anilines is 1. The average Bonchev–Trinajstić information content (AvgIpc) is 2.78. The number of aromatic carboxylic acids is 1. The van der Waals surface area contributed by atoms with E-state index in [0.29, 0.717) is 28.6 Å². The van der Waals surface area contributed by atoms with Crippen molar-refractivity contribution in [2.75, 3.05) is 19.6 Å². The third kappa shape index (κ3) is 4.96. The van der Waals surface area contributed by atoms with E-state index >= 15 is 0 Å². The van der Waals surface area contributed by atoms with Crippen LogP contribution < -0.4 is 14.9 Å². The first-order valence-corrected chi connectivity index (χ1v) is 8.84. The first-order valence-electron chi connectivity index (χ1n) is 8.84. The van der Waals surface area contributed by atoms with Gasteiger partial charge in [0.2, 0.25) is 0 Å². The monoisotopic (exact) mass is 405 g/mol. The third-order valence-electron chi connectivity index (χ3n) is 4.01. The van der Waals surface area contributed by atoms with E-state index in [2.05, 4.69) is 26.0 Å². The van der Waals surface area contributed by atoms with Crippen LogP contribution in [0.25, 0.3) is 0 Å². The van der Waals surface area contributed by atoms with Crippen LogP contribution in [0.3, 0.4) is 0 Å². The highest BCUT2D eigenvalue weighted by molar-refractivity contribution is 5.93. The maximum Gasteiger partial charge on any atom is 0.337 e. The van der Waals surface area contributed by atoms with Gasteiger partial charge in [-0.1, -0.05) is 29.5 Å². The summed E-state index contributed by atoms with van der Waals surface area (Å²) in [6, 6.07) is 18.7. The van der Waals surface area contributed by atoms with Crippen LogP contribution in [0.4, 0.5) is 22.7 Å². The molecule has 0 heterocycles. The number of hydrogen-bond donors (Lipinski definition) is 2. The number of nitrogens with one attached hydrogen (secondary N) is 1. The van der Waals surface area contributed by atoms with Crippen molar-refractivity contribution in [2.45, 2.75) is 0 Å². The molecule has 0 unspecified atom stereocenters. The Balaban J connectivity index is 1.77. The molecular weight excluding hydrogens is 386 g/mol. The van der Waals surface area contributed by atoms with Crippen molar-refractivity contribution >= 4 is 28.7 Å². The largest absolute Gasteiger partial charge is 0.494 e. The summed E-state index contributed by atoms with van der Waals surface area (Å²) < 4.78 is 10.6. The van der Waals surface area contributed by atoms with E-state index in [1.54, 1.807) is 55.6 Å². The Morgan fingerprint density at radius 1 is 0.833 bits per heavy atom. The van der Waals surface area contributed by atoms with Gasteiger partial charge in [0.15, 0.2) is 0 Å². The number of carbonyl (C=O) groups is 1. The second-order valence-corrected chi connectivity index (χ2v) is 5.89. The molecule has 30 heavy (non-hydrogen) atoms. The third-order valence-corrected chi connectivity index (χ3v) is 4.01. The van der Waals surface area contributed by atoms with Crippen LogP contribution in [0.5, 0.6) is 11.5 Å². The van der Waals surface area contributed by atoms with Crippen molar-refractivity contribution in [3.05, 3.63) is 72.3 Å². The highest BCUT2D eigenvalue weighted by atomic mass is 16.5. The Hall–Kier alpha value is -4.27. The zero-order valence-corrected chi connectivity index (χ0v) is 16.3. The molecule has 0 aliphatic carbocycles. The molecule has 0 saturated carbocycles. The molecule has 9 nitrogen and oxygen atoms in total.